The van der Waals surface area contributed by atoms with Gasteiger partial charge < -0.3 is 19.6 Å². The molecule has 0 bridgehead atoms. The van der Waals surface area contributed by atoms with Crippen LogP contribution in [0.2, 0.25) is 0 Å². The van der Waals surface area contributed by atoms with E-state index in [2.05, 4.69) is 9.88 Å². The zero-order chi connectivity index (χ0) is 24.5. The maximum atomic E-state index is 13.6. The first-order valence-corrected chi connectivity index (χ1v) is 11.2. The van der Waals surface area contributed by atoms with Gasteiger partial charge in [-0.3, -0.25) is 4.90 Å². The van der Waals surface area contributed by atoms with E-state index in [1.807, 2.05) is 6.92 Å². The summed E-state index contributed by atoms with van der Waals surface area (Å²) in [6.45, 7) is 3.58. The number of aromatic carboxylic acids is 1. The van der Waals surface area contributed by atoms with Gasteiger partial charge in [0.1, 0.15) is 5.75 Å². The van der Waals surface area contributed by atoms with Crippen molar-refractivity contribution in [2.75, 3.05) is 20.3 Å². The second kappa shape index (κ2) is 9.68. The number of ether oxygens (including phenoxy) is 2. The summed E-state index contributed by atoms with van der Waals surface area (Å²) in [5.41, 5.74) is 1.09. The van der Waals surface area contributed by atoms with Crippen LogP contribution in [0, 0.1) is 0 Å². The Kier molecular flexibility index (Phi) is 6.86. The van der Waals surface area contributed by atoms with Crippen LogP contribution in [0.15, 0.2) is 42.6 Å². The minimum absolute atomic E-state index is 0.0369. The van der Waals surface area contributed by atoms with Crippen molar-refractivity contribution in [3.8, 4) is 5.75 Å². The van der Waals surface area contributed by atoms with Gasteiger partial charge in [-0.15, -0.1) is 0 Å². The number of rotatable bonds is 7. The highest BCUT2D eigenvalue weighted by Crippen LogP contribution is 2.42. The molecule has 0 saturated carbocycles. The lowest BCUT2D eigenvalue weighted by Gasteiger charge is -2.40. The summed E-state index contributed by atoms with van der Waals surface area (Å²) in [7, 11) is 1.38. The molecule has 1 aliphatic rings. The molecule has 0 amide bonds. The molecule has 1 fully saturated rings. The zero-order valence-electron chi connectivity index (χ0n) is 19.0. The SMILES string of the molecule is CCO[C@H]1CCN(Cc2c(OC)cc(C(F)(F)F)c3[nH]ccc23)[C@H](c2ccc(C(=O)O)cc2)C1. The first kappa shape index (κ1) is 24.1. The highest BCUT2D eigenvalue weighted by molar-refractivity contribution is 5.89. The van der Waals surface area contributed by atoms with Crippen molar-refractivity contribution in [2.24, 2.45) is 0 Å². The second-order valence-corrected chi connectivity index (χ2v) is 8.38. The molecule has 0 spiro atoms. The number of nitrogens with one attached hydrogen (secondary N) is 1. The predicted molar refractivity (Wildman–Crippen MR) is 121 cm³/mol. The number of hydrogen-bond acceptors (Lipinski definition) is 4. The molecule has 4 rings (SSSR count). The summed E-state index contributed by atoms with van der Waals surface area (Å²) in [6.07, 6.45) is -1.48. The largest absolute Gasteiger partial charge is 0.496 e. The smallest absolute Gasteiger partial charge is 0.418 e. The highest BCUT2D eigenvalue weighted by atomic mass is 19.4. The first-order chi connectivity index (χ1) is 16.2. The van der Waals surface area contributed by atoms with Crippen LogP contribution in [0.25, 0.3) is 10.9 Å². The van der Waals surface area contributed by atoms with Crippen LogP contribution >= 0.6 is 0 Å². The van der Waals surface area contributed by atoms with Crippen LogP contribution < -0.4 is 4.74 Å². The summed E-state index contributed by atoms with van der Waals surface area (Å²) in [6, 6.07) is 9.35. The number of methoxy groups -OCH3 is 1. The highest BCUT2D eigenvalue weighted by Gasteiger charge is 2.36. The number of aromatic nitrogens is 1. The number of piperidine rings is 1. The third kappa shape index (κ3) is 4.76. The number of nitrogens with zero attached hydrogens (tertiary/aromatic N) is 1. The van der Waals surface area contributed by atoms with Gasteiger partial charge in [0.05, 0.1) is 29.9 Å². The summed E-state index contributed by atoms with van der Waals surface area (Å²) >= 11 is 0. The Hall–Kier alpha value is -3.04. The summed E-state index contributed by atoms with van der Waals surface area (Å²) in [5.74, 6) is -0.810. The van der Waals surface area contributed by atoms with Crippen LogP contribution in [-0.4, -0.2) is 47.3 Å². The summed E-state index contributed by atoms with van der Waals surface area (Å²) in [5, 5.41) is 9.71. The monoisotopic (exact) mass is 476 g/mol. The molecule has 34 heavy (non-hydrogen) atoms. The Morgan fingerprint density at radius 3 is 2.59 bits per heavy atom. The van der Waals surface area contributed by atoms with E-state index < -0.39 is 17.7 Å². The predicted octanol–water partition coefficient (Wildman–Crippen LogP) is 5.64. The molecule has 3 aromatic rings. The zero-order valence-corrected chi connectivity index (χ0v) is 19.0. The molecule has 2 aromatic carbocycles. The van der Waals surface area contributed by atoms with Crippen molar-refractivity contribution < 1.29 is 32.5 Å². The Balaban J connectivity index is 1.72. The van der Waals surface area contributed by atoms with E-state index in [-0.39, 0.29) is 29.0 Å². The lowest BCUT2D eigenvalue weighted by atomic mass is 9.91. The Labute approximate surface area is 195 Å². The number of H-pyrrole nitrogens is 1. The molecule has 1 aliphatic heterocycles. The topological polar surface area (TPSA) is 74.8 Å². The van der Waals surface area contributed by atoms with Gasteiger partial charge >= 0.3 is 12.1 Å². The Morgan fingerprint density at radius 2 is 1.97 bits per heavy atom. The Bertz CT molecular complexity index is 1160. The third-order valence-electron chi connectivity index (χ3n) is 6.41. The van der Waals surface area contributed by atoms with Gasteiger partial charge in [0.15, 0.2) is 0 Å². The van der Waals surface area contributed by atoms with E-state index >= 15 is 0 Å². The molecule has 182 valence electrons. The second-order valence-electron chi connectivity index (χ2n) is 8.38. The number of aromatic amines is 1. The van der Waals surface area contributed by atoms with E-state index in [9.17, 15) is 23.1 Å². The van der Waals surface area contributed by atoms with Crippen molar-refractivity contribution in [3.05, 3.63) is 64.8 Å². The molecule has 6 nitrogen and oxygen atoms in total. The van der Waals surface area contributed by atoms with Crippen molar-refractivity contribution in [3.63, 3.8) is 0 Å². The summed E-state index contributed by atoms with van der Waals surface area (Å²) < 4.78 is 52.2. The van der Waals surface area contributed by atoms with E-state index in [1.165, 1.54) is 13.3 Å². The fraction of sp³-hybridized carbons (Fsp3) is 0.400. The molecule has 0 unspecified atom stereocenters. The van der Waals surface area contributed by atoms with Gasteiger partial charge in [0.2, 0.25) is 0 Å². The molecular weight excluding hydrogens is 449 g/mol. The third-order valence-corrected chi connectivity index (χ3v) is 6.41. The van der Waals surface area contributed by atoms with Crippen LogP contribution in [0.4, 0.5) is 13.2 Å². The van der Waals surface area contributed by atoms with Crippen molar-refractivity contribution >= 4 is 16.9 Å². The molecule has 1 aromatic heterocycles. The number of alkyl halides is 3. The van der Waals surface area contributed by atoms with Gasteiger partial charge in [-0.2, -0.15) is 13.2 Å². The number of carboxylic acid groups (broad SMARTS) is 1. The Morgan fingerprint density at radius 1 is 1.24 bits per heavy atom. The minimum Gasteiger partial charge on any atom is -0.496 e. The van der Waals surface area contributed by atoms with Crippen molar-refractivity contribution in [2.45, 2.75) is 44.6 Å². The van der Waals surface area contributed by atoms with E-state index in [1.54, 1.807) is 30.3 Å². The first-order valence-electron chi connectivity index (χ1n) is 11.2. The molecule has 9 heteroatoms. The minimum atomic E-state index is -4.51. The van der Waals surface area contributed by atoms with Crippen LogP contribution in [0.3, 0.4) is 0 Å². The molecular formula is C25H27F3N2O4. The lowest BCUT2D eigenvalue weighted by molar-refractivity contribution is -0.136. The molecule has 2 atom stereocenters. The van der Waals surface area contributed by atoms with Crippen molar-refractivity contribution in [1.29, 1.82) is 0 Å². The molecule has 2 heterocycles. The number of carbonyl (C=O) groups is 1. The number of carboxylic acids is 1. The summed E-state index contributed by atoms with van der Waals surface area (Å²) in [4.78, 5) is 16.2. The van der Waals surface area contributed by atoms with Crippen LogP contribution in [-0.2, 0) is 17.5 Å². The number of likely N-dealkylation sites (tertiary alicyclic amines) is 1. The number of fused-ring (bicyclic) bond motifs is 1. The normalized spacial score (nSPS) is 19.4. The molecule has 2 N–H and O–H groups in total. The maximum absolute atomic E-state index is 13.6. The number of benzene rings is 2. The van der Waals surface area contributed by atoms with E-state index in [0.29, 0.717) is 37.1 Å². The maximum Gasteiger partial charge on any atom is 0.418 e. The molecule has 1 saturated heterocycles. The van der Waals surface area contributed by atoms with Crippen LogP contribution in [0.1, 0.15) is 52.9 Å². The fourth-order valence-corrected chi connectivity index (χ4v) is 4.79. The van der Waals surface area contributed by atoms with Gasteiger partial charge in [-0.05, 0) is 49.6 Å². The van der Waals surface area contributed by atoms with E-state index in [4.69, 9.17) is 9.47 Å². The van der Waals surface area contributed by atoms with Gasteiger partial charge in [-0.1, -0.05) is 12.1 Å². The van der Waals surface area contributed by atoms with Crippen LogP contribution in [0.5, 0.6) is 5.75 Å². The van der Waals surface area contributed by atoms with Gasteiger partial charge in [0.25, 0.3) is 0 Å². The molecule has 0 aliphatic carbocycles. The standard InChI is InChI=1S/C25H27F3N2O4/c1-3-34-17-9-11-30(21(12-17)15-4-6-16(7-5-15)24(31)32)14-19-18-8-10-29-23(18)20(25(26,27)28)13-22(19)33-2/h4-8,10,13,17,21,29H,3,9,11-12,14H2,1-2H3,(H,31,32)/t17-,21-/m0/s1. The van der Waals surface area contributed by atoms with Crippen molar-refractivity contribution in [1.82, 2.24) is 9.88 Å². The number of hydrogen-bond donors (Lipinski definition) is 2. The van der Waals surface area contributed by atoms with Gasteiger partial charge in [-0.25, -0.2) is 4.79 Å². The van der Waals surface area contributed by atoms with Gasteiger partial charge in [0, 0.05) is 42.9 Å². The van der Waals surface area contributed by atoms with E-state index in [0.717, 1.165) is 18.1 Å². The molecule has 0 radical (unpaired) electrons. The lowest BCUT2D eigenvalue weighted by Crippen LogP contribution is -2.39. The fourth-order valence-electron chi connectivity index (χ4n) is 4.79. The quantitative estimate of drug-likeness (QED) is 0.462. The average molecular weight is 476 g/mol. The number of halogens is 3. The average Bonchev–Trinajstić information content (AvgIpc) is 3.29.